The molecule has 2 N–H and O–H groups in total. The first-order chi connectivity index (χ1) is 11.0. The van der Waals surface area contributed by atoms with Crippen LogP contribution in [0.25, 0.3) is 0 Å². The number of fused-ring (bicyclic) bond motifs is 2. The van der Waals surface area contributed by atoms with E-state index in [9.17, 15) is 14.4 Å². The lowest BCUT2D eigenvalue weighted by Gasteiger charge is -2.21. The van der Waals surface area contributed by atoms with Crippen LogP contribution >= 0.6 is 0 Å². The normalized spacial score (nSPS) is 25.3. The molecule has 2 aliphatic rings. The second-order valence-electron chi connectivity index (χ2n) is 6.80. The number of rotatable bonds is 4. The van der Waals surface area contributed by atoms with Crippen LogP contribution in [0.5, 0.6) is 0 Å². The topological polar surface area (TPSA) is 80.2 Å². The number of nitrogens with zero attached hydrogens (tertiary/aromatic N) is 1. The Morgan fingerprint density at radius 1 is 1.22 bits per heavy atom. The molecule has 6 heteroatoms. The Balaban J connectivity index is 1.43. The molecular weight excluding hydrogens is 294 g/mol. The zero-order valence-corrected chi connectivity index (χ0v) is 13.4. The van der Waals surface area contributed by atoms with Gasteiger partial charge in [-0.05, 0) is 49.5 Å². The van der Waals surface area contributed by atoms with Gasteiger partial charge in [0, 0.05) is 25.9 Å². The van der Waals surface area contributed by atoms with Gasteiger partial charge < -0.3 is 15.2 Å². The molecule has 2 saturated carbocycles. The summed E-state index contributed by atoms with van der Waals surface area (Å²) in [5.41, 5.74) is 0.263. The Bertz CT molecular complexity index is 667. The van der Waals surface area contributed by atoms with Crippen molar-refractivity contribution < 1.29 is 9.59 Å². The number of hydrogen-bond donors (Lipinski definition) is 2. The highest BCUT2D eigenvalue weighted by Gasteiger charge is 2.38. The lowest BCUT2D eigenvalue weighted by atomic mass is 9.86. The first kappa shape index (κ1) is 15.8. The van der Waals surface area contributed by atoms with E-state index < -0.39 is 11.8 Å². The van der Waals surface area contributed by atoms with Crippen molar-refractivity contribution in [2.45, 2.75) is 32.1 Å². The molecule has 2 bridgehead atoms. The lowest BCUT2D eigenvalue weighted by molar-refractivity contribution is -0.136. The molecule has 3 rings (SSSR count). The van der Waals surface area contributed by atoms with Crippen LogP contribution in [0.1, 0.15) is 32.1 Å². The summed E-state index contributed by atoms with van der Waals surface area (Å²) in [5.74, 6) is 1.12. The van der Waals surface area contributed by atoms with Gasteiger partial charge in [0.25, 0.3) is 0 Å². The number of amides is 2. The van der Waals surface area contributed by atoms with Crippen LogP contribution in [0.15, 0.2) is 23.1 Å². The maximum atomic E-state index is 11.9. The number of hydrogen-bond acceptors (Lipinski definition) is 3. The maximum absolute atomic E-state index is 11.9. The van der Waals surface area contributed by atoms with E-state index in [0.29, 0.717) is 18.2 Å². The Kier molecular flexibility index (Phi) is 4.50. The molecule has 0 radical (unpaired) electrons. The van der Waals surface area contributed by atoms with E-state index in [1.807, 2.05) is 0 Å². The van der Waals surface area contributed by atoms with Gasteiger partial charge in [-0.2, -0.15) is 0 Å². The minimum absolute atomic E-state index is 0.168. The largest absolute Gasteiger partial charge is 0.348 e. The number of nitrogens with one attached hydrogen (secondary N) is 2. The minimum Gasteiger partial charge on any atom is -0.348 e. The molecule has 1 aromatic heterocycles. The van der Waals surface area contributed by atoms with Crippen LogP contribution in [0.3, 0.4) is 0 Å². The summed E-state index contributed by atoms with van der Waals surface area (Å²) < 4.78 is 1.35. The average molecular weight is 317 g/mol. The summed E-state index contributed by atoms with van der Waals surface area (Å²) in [6.45, 7) is 0.549. The highest BCUT2D eigenvalue weighted by Crippen LogP contribution is 2.49. The van der Waals surface area contributed by atoms with Gasteiger partial charge in [0.1, 0.15) is 0 Å². The second kappa shape index (κ2) is 6.56. The molecular formula is C17H23N3O3. The molecule has 124 valence electrons. The van der Waals surface area contributed by atoms with E-state index in [1.54, 1.807) is 7.05 Å². The van der Waals surface area contributed by atoms with Crippen molar-refractivity contribution in [3.05, 3.63) is 28.7 Å². The first-order valence-electron chi connectivity index (χ1n) is 8.29. The summed E-state index contributed by atoms with van der Waals surface area (Å²) in [6, 6.07) is 2.84. The Labute approximate surface area is 135 Å². The fraction of sp³-hybridized carbons (Fsp3) is 0.588. The second-order valence-corrected chi connectivity index (χ2v) is 6.80. The van der Waals surface area contributed by atoms with Gasteiger partial charge in [-0.1, -0.05) is 6.42 Å². The summed E-state index contributed by atoms with van der Waals surface area (Å²) >= 11 is 0. The van der Waals surface area contributed by atoms with E-state index in [1.165, 1.54) is 48.6 Å². The van der Waals surface area contributed by atoms with Crippen LogP contribution in [-0.4, -0.2) is 22.9 Å². The third-order valence-electron chi connectivity index (χ3n) is 5.24. The van der Waals surface area contributed by atoms with Gasteiger partial charge in [0.15, 0.2) is 0 Å². The first-order valence-corrected chi connectivity index (χ1v) is 8.29. The molecule has 0 unspecified atom stereocenters. The van der Waals surface area contributed by atoms with E-state index in [4.69, 9.17) is 0 Å². The van der Waals surface area contributed by atoms with Crippen molar-refractivity contribution in [1.29, 1.82) is 0 Å². The smallest absolute Gasteiger partial charge is 0.313 e. The van der Waals surface area contributed by atoms with Gasteiger partial charge in [-0.15, -0.1) is 0 Å². The van der Waals surface area contributed by atoms with Gasteiger partial charge in [0.05, 0.1) is 5.69 Å². The molecule has 0 aromatic carbocycles. The maximum Gasteiger partial charge on any atom is 0.313 e. The van der Waals surface area contributed by atoms with Crippen molar-refractivity contribution in [3.8, 4) is 0 Å². The lowest BCUT2D eigenvalue weighted by Crippen LogP contribution is -2.37. The quantitative estimate of drug-likeness (QED) is 0.821. The molecule has 0 aliphatic heterocycles. The van der Waals surface area contributed by atoms with Crippen molar-refractivity contribution in [2.24, 2.45) is 24.8 Å². The Morgan fingerprint density at radius 2 is 2.04 bits per heavy atom. The van der Waals surface area contributed by atoms with Gasteiger partial charge in [-0.25, -0.2) is 0 Å². The number of carbonyl (C=O) groups excluding carboxylic acids is 2. The van der Waals surface area contributed by atoms with Gasteiger partial charge in [0.2, 0.25) is 5.56 Å². The van der Waals surface area contributed by atoms with Crippen molar-refractivity contribution in [1.82, 2.24) is 9.88 Å². The summed E-state index contributed by atoms with van der Waals surface area (Å²) in [4.78, 5) is 35.0. The van der Waals surface area contributed by atoms with Crippen molar-refractivity contribution >= 4 is 17.5 Å². The van der Waals surface area contributed by atoms with E-state index >= 15 is 0 Å². The van der Waals surface area contributed by atoms with Gasteiger partial charge >= 0.3 is 11.8 Å². The van der Waals surface area contributed by atoms with Crippen LogP contribution in [0.4, 0.5) is 5.69 Å². The zero-order chi connectivity index (χ0) is 16.4. The van der Waals surface area contributed by atoms with Crippen LogP contribution < -0.4 is 16.2 Å². The number of aromatic nitrogens is 1. The van der Waals surface area contributed by atoms with Crippen LogP contribution in [0, 0.1) is 17.8 Å². The summed E-state index contributed by atoms with van der Waals surface area (Å²) in [7, 11) is 1.59. The molecule has 6 nitrogen and oxygen atoms in total. The standard InChI is InChI=1S/C17H23N3O3/c1-20-10-14(4-5-15(20)21)19-17(23)16(22)18-7-6-13-9-11-2-3-12(13)8-11/h4-5,10-13H,2-3,6-9H2,1H3,(H,18,22)(H,19,23)/t11-,12-,13+/m0/s1. The van der Waals surface area contributed by atoms with E-state index in [2.05, 4.69) is 10.6 Å². The van der Waals surface area contributed by atoms with E-state index in [0.717, 1.165) is 18.3 Å². The number of pyridine rings is 1. The molecule has 2 fully saturated rings. The minimum atomic E-state index is -0.698. The fourth-order valence-electron chi connectivity index (χ4n) is 4.04. The van der Waals surface area contributed by atoms with Crippen LogP contribution in [0.2, 0.25) is 0 Å². The van der Waals surface area contributed by atoms with E-state index in [-0.39, 0.29) is 5.56 Å². The average Bonchev–Trinajstić information content (AvgIpc) is 3.13. The number of aryl methyl sites for hydroxylation is 1. The van der Waals surface area contributed by atoms with Crippen molar-refractivity contribution in [3.63, 3.8) is 0 Å². The summed E-state index contributed by atoms with van der Waals surface area (Å²) in [5, 5.41) is 5.20. The molecule has 23 heavy (non-hydrogen) atoms. The summed E-state index contributed by atoms with van der Waals surface area (Å²) in [6.07, 6.45) is 7.78. The van der Waals surface area contributed by atoms with Crippen LogP contribution in [-0.2, 0) is 16.6 Å². The molecule has 2 aliphatic carbocycles. The molecule has 1 aromatic rings. The molecule has 0 spiro atoms. The number of anilines is 1. The molecule has 3 atom stereocenters. The third-order valence-corrected chi connectivity index (χ3v) is 5.24. The fourth-order valence-corrected chi connectivity index (χ4v) is 4.04. The third kappa shape index (κ3) is 3.63. The zero-order valence-electron chi connectivity index (χ0n) is 13.4. The predicted molar refractivity (Wildman–Crippen MR) is 86.9 cm³/mol. The molecule has 1 heterocycles. The molecule has 0 saturated heterocycles. The monoisotopic (exact) mass is 317 g/mol. The Hall–Kier alpha value is -2.11. The Morgan fingerprint density at radius 3 is 2.70 bits per heavy atom. The highest BCUT2D eigenvalue weighted by molar-refractivity contribution is 6.39. The predicted octanol–water partition coefficient (Wildman–Crippen LogP) is 1.27. The molecule has 2 amide bonds. The highest BCUT2D eigenvalue weighted by atomic mass is 16.2. The number of carbonyl (C=O) groups is 2. The van der Waals surface area contributed by atoms with Gasteiger partial charge in [-0.3, -0.25) is 14.4 Å². The van der Waals surface area contributed by atoms with Crippen molar-refractivity contribution in [2.75, 3.05) is 11.9 Å². The SMILES string of the molecule is Cn1cc(NC(=O)C(=O)NCC[C@@H]2C[C@H]3CC[C@H]2C3)ccc1=O.